The average molecular weight is 379 g/mol. The van der Waals surface area contributed by atoms with Gasteiger partial charge >= 0.3 is 0 Å². The molecule has 0 atom stereocenters. The number of benzene rings is 1. The molecular formula is C13H17Br2NO2. The van der Waals surface area contributed by atoms with E-state index in [2.05, 4.69) is 37.2 Å². The van der Waals surface area contributed by atoms with E-state index in [0.29, 0.717) is 26.2 Å². The van der Waals surface area contributed by atoms with Crippen molar-refractivity contribution in [1.29, 1.82) is 0 Å². The van der Waals surface area contributed by atoms with Crippen LogP contribution >= 0.6 is 31.9 Å². The summed E-state index contributed by atoms with van der Waals surface area (Å²) in [7, 11) is 0. The molecule has 0 aliphatic heterocycles. The van der Waals surface area contributed by atoms with Crippen LogP contribution in [0.5, 0.6) is 0 Å². The van der Waals surface area contributed by atoms with Gasteiger partial charge in [-0.15, -0.1) is 0 Å². The Morgan fingerprint density at radius 2 is 1.94 bits per heavy atom. The summed E-state index contributed by atoms with van der Waals surface area (Å²) in [6.45, 7) is 2.06. The molecule has 0 aliphatic carbocycles. The highest BCUT2D eigenvalue weighted by Crippen LogP contribution is 2.10. The van der Waals surface area contributed by atoms with Gasteiger partial charge in [-0.05, 0) is 24.1 Å². The summed E-state index contributed by atoms with van der Waals surface area (Å²) >= 11 is 6.65. The Balaban J connectivity index is 2.12. The summed E-state index contributed by atoms with van der Waals surface area (Å²) in [5, 5.41) is 3.73. The summed E-state index contributed by atoms with van der Waals surface area (Å²) in [5.41, 5.74) is 1.02. The van der Waals surface area contributed by atoms with Gasteiger partial charge in [0.15, 0.2) is 0 Å². The Morgan fingerprint density at radius 3 is 2.61 bits per heavy atom. The molecule has 18 heavy (non-hydrogen) atoms. The van der Waals surface area contributed by atoms with Crippen LogP contribution in [0.4, 0.5) is 0 Å². The van der Waals surface area contributed by atoms with Gasteiger partial charge in [-0.25, -0.2) is 0 Å². The van der Waals surface area contributed by atoms with Gasteiger partial charge in [-0.3, -0.25) is 4.79 Å². The normalized spacial score (nSPS) is 10.3. The third-order valence-electron chi connectivity index (χ3n) is 2.29. The first-order valence-electron chi connectivity index (χ1n) is 5.87. The Hall–Kier alpha value is -0.390. The number of carbonyl (C=O) groups excluding carboxylic acids is 1. The molecule has 1 rings (SSSR count). The van der Waals surface area contributed by atoms with E-state index in [1.54, 1.807) is 0 Å². The highest BCUT2D eigenvalue weighted by Gasteiger charge is 2.02. The summed E-state index contributed by atoms with van der Waals surface area (Å²) < 4.78 is 6.32. The summed E-state index contributed by atoms with van der Waals surface area (Å²) in [5.74, 6) is 0.0535. The molecule has 0 radical (unpaired) electrons. The fourth-order valence-electron chi connectivity index (χ4n) is 1.41. The number of amides is 1. The molecular weight excluding hydrogens is 362 g/mol. The second-order valence-corrected chi connectivity index (χ2v) is 5.52. The molecule has 1 aromatic rings. The van der Waals surface area contributed by atoms with E-state index in [4.69, 9.17) is 4.74 Å². The minimum Gasteiger partial charge on any atom is -0.381 e. The second-order valence-electron chi connectivity index (χ2n) is 3.81. The molecule has 1 aromatic carbocycles. The van der Waals surface area contributed by atoms with Crippen LogP contribution in [0.25, 0.3) is 0 Å². The van der Waals surface area contributed by atoms with Gasteiger partial charge in [0.1, 0.15) is 0 Å². The number of hydrogen-bond acceptors (Lipinski definition) is 2. The number of nitrogens with one attached hydrogen (secondary N) is 1. The first-order chi connectivity index (χ1) is 8.72. The molecule has 0 fully saturated rings. The molecule has 0 unspecified atom stereocenters. The van der Waals surface area contributed by atoms with Crippen LogP contribution in [0.2, 0.25) is 0 Å². The Bertz CT molecular complexity index is 355. The van der Waals surface area contributed by atoms with Crippen LogP contribution in [0.3, 0.4) is 0 Å². The van der Waals surface area contributed by atoms with Crippen molar-refractivity contribution in [3.8, 4) is 0 Å². The number of rotatable bonds is 8. The zero-order valence-corrected chi connectivity index (χ0v) is 13.3. The lowest BCUT2D eigenvalue weighted by Gasteiger charge is -2.06. The summed E-state index contributed by atoms with van der Waals surface area (Å²) in [4.78, 5) is 11.6. The fourth-order valence-corrected chi connectivity index (χ4v) is 1.90. The molecule has 0 spiro atoms. The molecule has 0 saturated heterocycles. The summed E-state index contributed by atoms with van der Waals surface area (Å²) in [6.07, 6.45) is 1.27. The zero-order chi connectivity index (χ0) is 13.2. The highest BCUT2D eigenvalue weighted by atomic mass is 79.9. The monoisotopic (exact) mass is 377 g/mol. The quantitative estimate of drug-likeness (QED) is 0.558. The largest absolute Gasteiger partial charge is 0.381 e. The van der Waals surface area contributed by atoms with Crippen molar-refractivity contribution in [3.63, 3.8) is 0 Å². The molecule has 0 saturated carbocycles. The van der Waals surface area contributed by atoms with Crippen molar-refractivity contribution >= 4 is 37.8 Å². The average Bonchev–Trinajstić information content (AvgIpc) is 2.36. The van der Waals surface area contributed by atoms with E-state index in [9.17, 15) is 4.79 Å². The predicted octanol–water partition coefficient (Wildman–Crippen LogP) is 2.91. The van der Waals surface area contributed by atoms with E-state index >= 15 is 0 Å². The molecule has 0 heterocycles. The number of ether oxygens (including phenoxy) is 1. The maximum atomic E-state index is 11.6. The van der Waals surface area contributed by atoms with Crippen molar-refractivity contribution in [1.82, 2.24) is 5.32 Å². The van der Waals surface area contributed by atoms with Crippen molar-refractivity contribution in [3.05, 3.63) is 34.3 Å². The topological polar surface area (TPSA) is 38.3 Å². The third kappa shape index (κ3) is 7.13. The van der Waals surface area contributed by atoms with Crippen LogP contribution in [0.15, 0.2) is 28.7 Å². The molecule has 0 aromatic heterocycles. The van der Waals surface area contributed by atoms with Crippen molar-refractivity contribution in [2.24, 2.45) is 0 Å². The van der Waals surface area contributed by atoms with Crippen LogP contribution < -0.4 is 5.32 Å². The van der Waals surface area contributed by atoms with E-state index < -0.39 is 0 Å². The Kier molecular flexibility index (Phi) is 8.29. The van der Waals surface area contributed by atoms with Gasteiger partial charge in [0.05, 0.1) is 13.0 Å². The van der Waals surface area contributed by atoms with Crippen LogP contribution in [0.1, 0.15) is 12.0 Å². The van der Waals surface area contributed by atoms with Gasteiger partial charge < -0.3 is 10.1 Å². The third-order valence-corrected chi connectivity index (χ3v) is 3.14. The van der Waals surface area contributed by atoms with Crippen LogP contribution in [-0.2, 0) is 16.0 Å². The van der Waals surface area contributed by atoms with E-state index in [1.807, 2.05) is 24.3 Å². The van der Waals surface area contributed by atoms with Gasteiger partial charge in [-0.2, -0.15) is 0 Å². The van der Waals surface area contributed by atoms with E-state index in [0.717, 1.165) is 21.8 Å². The molecule has 3 nitrogen and oxygen atoms in total. The molecule has 1 amide bonds. The van der Waals surface area contributed by atoms with Crippen LogP contribution in [-0.4, -0.2) is 31.0 Å². The maximum absolute atomic E-state index is 11.6. The van der Waals surface area contributed by atoms with Gasteiger partial charge in [0.2, 0.25) is 5.91 Å². The highest BCUT2D eigenvalue weighted by molar-refractivity contribution is 9.10. The first-order valence-corrected chi connectivity index (χ1v) is 7.78. The first kappa shape index (κ1) is 15.7. The Labute approximate surface area is 125 Å². The van der Waals surface area contributed by atoms with Crippen molar-refractivity contribution in [2.45, 2.75) is 12.8 Å². The van der Waals surface area contributed by atoms with Gasteiger partial charge in [0.25, 0.3) is 0 Å². The maximum Gasteiger partial charge on any atom is 0.224 e. The molecule has 100 valence electrons. The number of halogens is 2. The molecule has 0 bridgehead atoms. The lowest BCUT2D eigenvalue weighted by Crippen LogP contribution is -2.26. The fraction of sp³-hybridized carbons (Fsp3) is 0.462. The number of carbonyl (C=O) groups is 1. The van der Waals surface area contributed by atoms with Crippen LogP contribution in [0, 0.1) is 0 Å². The molecule has 5 heteroatoms. The van der Waals surface area contributed by atoms with E-state index in [-0.39, 0.29) is 5.91 Å². The Morgan fingerprint density at radius 1 is 1.22 bits per heavy atom. The lowest BCUT2D eigenvalue weighted by molar-refractivity contribution is -0.120. The predicted molar refractivity (Wildman–Crippen MR) is 80.1 cm³/mol. The van der Waals surface area contributed by atoms with Gasteiger partial charge in [0, 0.05) is 23.0 Å². The smallest absolute Gasteiger partial charge is 0.224 e. The standard InChI is InChI=1S/C13H17Br2NO2/c14-6-9-18-8-1-7-16-13(17)10-11-2-4-12(15)5-3-11/h2-5H,1,6-10H2,(H,16,17). The van der Waals surface area contributed by atoms with Crippen molar-refractivity contribution < 1.29 is 9.53 Å². The minimum atomic E-state index is 0.0535. The molecule has 0 aliphatic rings. The summed E-state index contributed by atoms with van der Waals surface area (Å²) in [6, 6.07) is 7.78. The van der Waals surface area contributed by atoms with E-state index in [1.165, 1.54) is 0 Å². The van der Waals surface area contributed by atoms with Gasteiger partial charge in [-0.1, -0.05) is 44.0 Å². The minimum absolute atomic E-state index is 0.0535. The number of hydrogen-bond donors (Lipinski definition) is 1. The molecule has 1 N–H and O–H groups in total. The number of alkyl halides is 1. The lowest BCUT2D eigenvalue weighted by atomic mass is 10.1. The second kappa shape index (κ2) is 9.53. The zero-order valence-electron chi connectivity index (χ0n) is 10.1. The SMILES string of the molecule is O=C(Cc1ccc(Br)cc1)NCCCOCCBr. The van der Waals surface area contributed by atoms with Crippen molar-refractivity contribution in [2.75, 3.05) is 25.1 Å².